The number of hydrogen-bond acceptors (Lipinski definition) is 3. The van der Waals surface area contributed by atoms with Crippen LogP contribution in [0.4, 0.5) is 0 Å². The lowest BCUT2D eigenvalue weighted by Crippen LogP contribution is -2.31. The minimum atomic E-state index is -0.415. The van der Waals surface area contributed by atoms with Crippen LogP contribution in [0.2, 0.25) is 0 Å². The lowest BCUT2D eigenvalue weighted by Gasteiger charge is -2.13. The highest BCUT2D eigenvalue weighted by atomic mass is 16.7. The van der Waals surface area contributed by atoms with Gasteiger partial charge in [-0.15, -0.1) is 0 Å². The summed E-state index contributed by atoms with van der Waals surface area (Å²) in [4.78, 5) is 29.4. The second-order valence-corrected chi connectivity index (χ2v) is 2.66. The van der Waals surface area contributed by atoms with Gasteiger partial charge in [-0.25, -0.2) is 5.06 Å². The molecule has 2 radical (unpaired) electrons. The van der Waals surface area contributed by atoms with Crippen molar-refractivity contribution in [3.8, 4) is 0 Å². The van der Waals surface area contributed by atoms with E-state index in [9.17, 15) is 9.59 Å². The zero-order chi connectivity index (χ0) is 10.7. The Kier molecular flexibility index (Phi) is 3.08. The van der Waals surface area contributed by atoms with Crippen LogP contribution in [-0.4, -0.2) is 38.0 Å². The smallest absolute Gasteiger partial charge is 0.278 e. The number of carbonyl (C=O) groups is 1. The molecule has 0 aliphatic rings. The maximum Gasteiger partial charge on any atom is 0.278 e. The van der Waals surface area contributed by atoms with Crippen LogP contribution in [0, 0.1) is 0 Å². The third kappa shape index (κ3) is 2.03. The Morgan fingerprint density at radius 3 is 2.79 bits per heavy atom. The molecule has 1 heterocycles. The van der Waals surface area contributed by atoms with Crippen molar-refractivity contribution in [1.29, 1.82) is 0 Å². The highest BCUT2D eigenvalue weighted by Crippen LogP contribution is 1.97. The largest absolute Gasteiger partial charge is 0.329 e. The molecule has 0 bridgehead atoms. The fraction of sp³-hybridized carbons (Fsp3) is 0.250. The molecule has 0 spiro atoms. The molecule has 1 aromatic rings. The number of hydrogen-bond donors (Lipinski definition) is 1. The van der Waals surface area contributed by atoms with Crippen LogP contribution in [0.15, 0.2) is 17.1 Å². The molecular formula is C8H9BN2O3. The molecule has 0 aliphatic carbocycles. The van der Waals surface area contributed by atoms with Crippen molar-refractivity contribution in [2.75, 3.05) is 14.2 Å². The molecule has 6 heteroatoms. The molecule has 0 saturated carbocycles. The van der Waals surface area contributed by atoms with Gasteiger partial charge in [-0.2, -0.15) is 0 Å². The van der Waals surface area contributed by atoms with Gasteiger partial charge in [-0.1, -0.05) is 0 Å². The van der Waals surface area contributed by atoms with Gasteiger partial charge in [0, 0.05) is 13.2 Å². The van der Waals surface area contributed by atoms with Gasteiger partial charge in [-0.3, -0.25) is 14.4 Å². The molecule has 0 saturated heterocycles. The molecule has 1 amide bonds. The number of amides is 1. The van der Waals surface area contributed by atoms with E-state index in [0.29, 0.717) is 0 Å². The lowest BCUT2D eigenvalue weighted by atomic mass is 9.97. The molecule has 5 nitrogen and oxygen atoms in total. The summed E-state index contributed by atoms with van der Waals surface area (Å²) in [6.45, 7) is 0. The Labute approximate surface area is 82.0 Å². The predicted molar refractivity (Wildman–Crippen MR) is 51.6 cm³/mol. The van der Waals surface area contributed by atoms with Gasteiger partial charge in [0.1, 0.15) is 7.85 Å². The second kappa shape index (κ2) is 4.10. The number of aromatic amines is 1. The first-order valence-electron chi connectivity index (χ1n) is 3.86. The van der Waals surface area contributed by atoms with Crippen LogP contribution in [0.3, 0.4) is 0 Å². The number of nitrogens with one attached hydrogen (secondary N) is 1. The summed E-state index contributed by atoms with van der Waals surface area (Å²) in [6.07, 6.45) is 1.29. The molecule has 0 fully saturated rings. The van der Waals surface area contributed by atoms with Gasteiger partial charge in [-0.05, 0) is 11.5 Å². The van der Waals surface area contributed by atoms with Crippen LogP contribution in [0.1, 0.15) is 10.4 Å². The molecule has 1 N–H and O–H groups in total. The summed E-state index contributed by atoms with van der Waals surface area (Å²) in [6, 6.07) is 1.30. The number of rotatable bonds is 2. The van der Waals surface area contributed by atoms with E-state index in [2.05, 4.69) is 9.82 Å². The van der Waals surface area contributed by atoms with Gasteiger partial charge in [0.2, 0.25) is 5.56 Å². The first-order chi connectivity index (χ1) is 6.56. The van der Waals surface area contributed by atoms with Crippen molar-refractivity contribution in [3.63, 3.8) is 0 Å². The summed E-state index contributed by atoms with van der Waals surface area (Å²) in [5, 5.41) is 1.03. The van der Waals surface area contributed by atoms with E-state index in [1.54, 1.807) is 0 Å². The number of aromatic nitrogens is 1. The summed E-state index contributed by atoms with van der Waals surface area (Å²) in [7, 11) is 8.17. The van der Waals surface area contributed by atoms with E-state index in [1.165, 1.54) is 26.4 Å². The van der Waals surface area contributed by atoms with Crippen molar-refractivity contribution in [3.05, 3.63) is 28.2 Å². The Bertz CT molecular complexity index is 402. The third-order valence-corrected chi connectivity index (χ3v) is 1.74. The van der Waals surface area contributed by atoms with Gasteiger partial charge >= 0.3 is 0 Å². The Morgan fingerprint density at radius 2 is 2.29 bits per heavy atom. The fourth-order valence-corrected chi connectivity index (χ4v) is 0.890. The number of nitrogens with zero attached hydrogens (tertiary/aromatic N) is 1. The first-order valence-corrected chi connectivity index (χ1v) is 3.86. The number of hydroxylamine groups is 2. The van der Waals surface area contributed by atoms with E-state index in [0.717, 1.165) is 5.06 Å². The normalized spacial score (nSPS) is 9.86. The van der Waals surface area contributed by atoms with Gasteiger partial charge in [0.15, 0.2) is 0 Å². The molecule has 0 aromatic carbocycles. The van der Waals surface area contributed by atoms with Crippen LogP contribution in [0.5, 0.6) is 0 Å². The summed E-state index contributed by atoms with van der Waals surface area (Å²) >= 11 is 0. The average molecular weight is 192 g/mol. The fourth-order valence-electron chi connectivity index (χ4n) is 0.890. The lowest BCUT2D eigenvalue weighted by molar-refractivity contribution is -0.0757. The average Bonchev–Trinajstić information content (AvgIpc) is 2.20. The molecule has 0 aliphatic heterocycles. The highest BCUT2D eigenvalue weighted by Gasteiger charge is 2.11. The predicted octanol–water partition coefficient (Wildman–Crippen LogP) is -1.20. The monoisotopic (exact) mass is 192 g/mol. The minimum Gasteiger partial charge on any atom is -0.329 e. The molecule has 0 atom stereocenters. The molecule has 72 valence electrons. The number of pyridine rings is 1. The van der Waals surface area contributed by atoms with Crippen molar-refractivity contribution < 1.29 is 9.63 Å². The van der Waals surface area contributed by atoms with Crippen molar-refractivity contribution in [2.45, 2.75) is 0 Å². The molecular weight excluding hydrogens is 183 g/mol. The van der Waals surface area contributed by atoms with Crippen LogP contribution >= 0.6 is 0 Å². The van der Waals surface area contributed by atoms with E-state index in [1.807, 2.05) is 0 Å². The van der Waals surface area contributed by atoms with E-state index in [-0.39, 0.29) is 16.9 Å². The Morgan fingerprint density at radius 1 is 1.64 bits per heavy atom. The van der Waals surface area contributed by atoms with Crippen molar-refractivity contribution >= 4 is 19.2 Å². The van der Waals surface area contributed by atoms with Crippen molar-refractivity contribution in [1.82, 2.24) is 10.0 Å². The SMILES string of the molecule is [B]c1cc(C(=O)N(C)OC)c[nH]c1=O. The summed E-state index contributed by atoms with van der Waals surface area (Å²) < 4.78 is 0. The molecule has 1 rings (SSSR count). The second-order valence-electron chi connectivity index (χ2n) is 2.66. The summed E-state index contributed by atoms with van der Waals surface area (Å²) in [5.74, 6) is -0.379. The van der Waals surface area contributed by atoms with Crippen LogP contribution in [-0.2, 0) is 4.84 Å². The van der Waals surface area contributed by atoms with E-state index >= 15 is 0 Å². The maximum atomic E-state index is 11.5. The van der Waals surface area contributed by atoms with Crippen LogP contribution in [0.25, 0.3) is 0 Å². The Hall–Kier alpha value is -1.56. The quantitative estimate of drug-likeness (QED) is 0.473. The maximum absolute atomic E-state index is 11.5. The summed E-state index contributed by atoms with van der Waals surface area (Å²) in [5.41, 5.74) is -0.145. The Balaban J connectivity index is 3.03. The molecule has 14 heavy (non-hydrogen) atoms. The number of H-pyrrole nitrogens is 1. The third-order valence-electron chi connectivity index (χ3n) is 1.74. The van der Waals surface area contributed by atoms with Gasteiger partial charge in [0.25, 0.3) is 5.91 Å². The highest BCUT2D eigenvalue weighted by molar-refractivity contribution is 6.32. The number of carbonyl (C=O) groups excluding carboxylic acids is 1. The van der Waals surface area contributed by atoms with Gasteiger partial charge < -0.3 is 4.98 Å². The van der Waals surface area contributed by atoms with E-state index in [4.69, 9.17) is 7.85 Å². The first kappa shape index (κ1) is 10.5. The minimum absolute atomic E-state index is 0.000327. The van der Waals surface area contributed by atoms with E-state index < -0.39 is 5.56 Å². The van der Waals surface area contributed by atoms with Gasteiger partial charge in [0.05, 0.1) is 12.7 Å². The zero-order valence-electron chi connectivity index (χ0n) is 7.90. The van der Waals surface area contributed by atoms with Crippen molar-refractivity contribution in [2.24, 2.45) is 0 Å². The zero-order valence-corrected chi connectivity index (χ0v) is 7.90. The topological polar surface area (TPSA) is 62.4 Å². The van der Waals surface area contributed by atoms with Crippen LogP contribution < -0.4 is 11.0 Å². The standard InChI is InChI=1S/C8H9BN2O3/c1-11(14-2)8(13)5-3-6(9)7(12)10-4-5/h3-4H,1-2H3,(H,10,12). The molecule has 1 aromatic heterocycles. The molecule has 0 unspecified atom stereocenters.